The zero-order valence-corrected chi connectivity index (χ0v) is 11.7. The quantitative estimate of drug-likeness (QED) is 0.900. The summed E-state index contributed by atoms with van der Waals surface area (Å²) >= 11 is 0. The Bertz CT molecular complexity index is 572. The predicted octanol–water partition coefficient (Wildman–Crippen LogP) is 2.32. The van der Waals surface area contributed by atoms with E-state index in [9.17, 15) is 4.79 Å². The van der Waals surface area contributed by atoms with E-state index in [2.05, 4.69) is 21.9 Å². The van der Waals surface area contributed by atoms with Crippen molar-refractivity contribution in [3.63, 3.8) is 0 Å². The van der Waals surface area contributed by atoms with Crippen LogP contribution in [0.2, 0.25) is 0 Å². The Morgan fingerprint density at radius 1 is 1.50 bits per heavy atom. The third kappa shape index (κ3) is 2.48. The number of aryl methyl sites for hydroxylation is 1. The number of carbonyl (C=O) groups excluding carboxylic acids is 1. The van der Waals surface area contributed by atoms with Crippen LogP contribution in [0.15, 0.2) is 24.5 Å². The van der Waals surface area contributed by atoms with Gasteiger partial charge in [0.2, 0.25) is 0 Å². The van der Waals surface area contributed by atoms with E-state index in [1.54, 1.807) is 6.20 Å². The zero-order valence-electron chi connectivity index (χ0n) is 11.7. The second-order valence-electron chi connectivity index (χ2n) is 5.32. The lowest BCUT2D eigenvalue weighted by Gasteiger charge is -2.31. The van der Waals surface area contributed by atoms with Crippen LogP contribution in [0.5, 0.6) is 0 Å². The third-order valence-electron chi connectivity index (χ3n) is 3.97. The number of aromatic amines is 2. The molecule has 1 saturated heterocycles. The Morgan fingerprint density at radius 3 is 3.10 bits per heavy atom. The van der Waals surface area contributed by atoms with Gasteiger partial charge >= 0.3 is 0 Å². The van der Waals surface area contributed by atoms with Gasteiger partial charge in [0.1, 0.15) is 11.5 Å². The van der Waals surface area contributed by atoms with Gasteiger partial charge in [0.05, 0.1) is 0 Å². The summed E-state index contributed by atoms with van der Waals surface area (Å²) < 4.78 is 0. The van der Waals surface area contributed by atoms with Crippen molar-refractivity contribution in [2.45, 2.75) is 32.1 Å². The van der Waals surface area contributed by atoms with Crippen LogP contribution in [0.3, 0.4) is 0 Å². The maximum Gasteiger partial charge on any atom is 0.270 e. The summed E-state index contributed by atoms with van der Waals surface area (Å²) in [5.41, 5.74) is 1.80. The Kier molecular flexibility index (Phi) is 3.58. The lowest BCUT2D eigenvalue weighted by Crippen LogP contribution is -2.39. The second-order valence-corrected chi connectivity index (χ2v) is 5.32. The monoisotopic (exact) mass is 272 g/mol. The molecule has 2 aromatic rings. The van der Waals surface area contributed by atoms with Gasteiger partial charge in [0, 0.05) is 37.1 Å². The molecule has 3 heterocycles. The van der Waals surface area contributed by atoms with Crippen LogP contribution in [-0.4, -0.2) is 38.8 Å². The fraction of sp³-hybridized carbons (Fsp3) is 0.467. The first-order valence-electron chi connectivity index (χ1n) is 7.24. The molecule has 0 spiro atoms. The Hall–Kier alpha value is -2.04. The van der Waals surface area contributed by atoms with Crippen LogP contribution in [-0.2, 0) is 6.42 Å². The van der Waals surface area contributed by atoms with Gasteiger partial charge in [-0.2, -0.15) is 0 Å². The minimum Gasteiger partial charge on any atom is -0.354 e. The van der Waals surface area contributed by atoms with Crippen molar-refractivity contribution < 1.29 is 4.79 Å². The number of nitrogens with zero attached hydrogens (tertiary/aromatic N) is 2. The molecule has 0 aromatic carbocycles. The number of hydrogen-bond acceptors (Lipinski definition) is 2. The lowest BCUT2D eigenvalue weighted by molar-refractivity contribution is 0.0699. The molecule has 0 unspecified atom stereocenters. The molecule has 1 amide bonds. The van der Waals surface area contributed by atoms with Crippen LogP contribution >= 0.6 is 0 Å². The maximum absolute atomic E-state index is 12.5. The molecule has 5 heteroatoms. The maximum atomic E-state index is 12.5. The van der Waals surface area contributed by atoms with Crippen molar-refractivity contribution in [3.8, 4) is 0 Å². The molecule has 1 atom stereocenters. The lowest BCUT2D eigenvalue weighted by atomic mass is 9.97. The molecule has 1 aliphatic heterocycles. The highest BCUT2D eigenvalue weighted by molar-refractivity contribution is 5.92. The highest BCUT2D eigenvalue weighted by atomic mass is 16.2. The van der Waals surface area contributed by atoms with Gasteiger partial charge < -0.3 is 14.9 Å². The van der Waals surface area contributed by atoms with Gasteiger partial charge in [0.15, 0.2) is 0 Å². The van der Waals surface area contributed by atoms with Gasteiger partial charge in [-0.25, -0.2) is 4.98 Å². The minimum atomic E-state index is 0.0981. The summed E-state index contributed by atoms with van der Waals surface area (Å²) in [6.45, 7) is 3.65. The number of rotatable bonds is 3. The van der Waals surface area contributed by atoms with Crippen LogP contribution < -0.4 is 0 Å². The second kappa shape index (κ2) is 5.53. The predicted molar refractivity (Wildman–Crippen MR) is 76.6 cm³/mol. The SMILES string of the molecule is CCc1ccc(C(=O)N2CCC[C@@H](c3ncc[nH]3)C2)[nH]1. The molecule has 1 aliphatic rings. The van der Waals surface area contributed by atoms with Crippen molar-refractivity contribution in [3.05, 3.63) is 41.7 Å². The first kappa shape index (κ1) is 13.0. The fourth-order valence-electron chi connectivity index (χ4n) is 2.83. The topological polar surface area (TPSA) is 64.8 Å². The molecule has 2 N–H and O–H groups in total. The van der Waals surface area contributed by atoms with Crippen LogP contribution in [0.4, 0.5) is 0 Å². The first-order chi connectivity index (χ1) is 9.78. The van der Waals surface area contributed by atoms with Gasteiger partial charge in [-0.05, 0) is 31.4 Å². The van der Waals surface area contributed by atoms with Crippen molar-refractivity contribution >= 4 is 5.91 Å². The molecule has 3 rings (SSSR count). The normalized spacial score (nSPS) is 19.2. The van der Waals surface area contributed by atoms with Gasteiger partial charge in [-0.3, -0.25) is 4.79 Å². The number of amides is 1. The number of nitrogens with one attached hydrogen (secondary N) is 2. The van der Waals surface area contributed by atoms with Gasteiger partial charge in [0.25, 0.3) is 5.91 Å². The highest BCUT2D eigenvalue weighted by Crippen LogP contribution is 2.25. The fourth-order valence-corrected chi connectivity index (χ4v) is 2.83. The number of piperidine rings is 1. The van der Waals surface area contributed by atoms with E-state index < -0.39 is 0 Å². The minimum absolute atomic E-state index is 0.0981. The molecule has 1 fully saturated rings. The van der Waals surface area contributed by atoms with E-state index in [0.29, 0.717) is 11.6 Å². The highest BCUT2D eigenvalue weighted by Gasteiger charge is 2.27. The van der Waals surface area contributed by atoms with E-state index in [4.69, 9.17) is 0 Å². The molecule has 5 nitrogen and oxygen atoms in total. The van der Waals surface area contributed by atoms with E-state index in [-0.39, 0.29) is 5.91 Å². The molecule has 0 aliphatic carbocycles. The summed E-state index contributed by atoms with van der Waals surface area (Å²) in [6.07, 6.45) is 6.65. The van der Waals surface area contributed by atoms with Crippen LogP contribution in [0.25, 0.3) is 0 Å². The summed E-state index contributed by atoms with van der Waals surface area (Å²) in [7, 11) is 0. The zero-order chi connectivity index (χ0) is 13.9. The number of hydrogen-bond donors (Lipinski definition) is 2. The molecular weight excluding hydrogens is 252 g/mol. The number of likely N-dealkylation sites (tertiary alicyclic amines) is 1. The van der Waals surface area contributed by atoms with Gasteiger partial charge in [-0.15, -0.1) is 0 Å². The Morgan fingerprint density at radius 2 is 2.40 bits per heavy atom. The summed E-state index contributed by atoms with van der Waals surface area (Å²) in [5, 5.41) is 0. The average molecular weight is 272 g/mol. The number of H-pyrrole nitrogens is 2. The van der Waals surface area contributed by atoms with Crippen molar-refractivity contribution in [2.24, 2.45) is 0 Å². The molecule has 0 radical (unpaired) electrons. The van der Waals surface area contributed by atoms with Crippen LogP contribution in [0.1, 0.15) is 47.7 Å². The Balaban J connectivity index is 1.71. The van der Waals surface area contributed by atoms with Crippen molar-refractivity contribution in [1.29, 1.82) is 0 Å². The number of aromatic nitrogens is 3. The van der Waals surface area contributed by atoms with E-state index in [1.807, 2.05) is 23.2 Å². The summed E-state index contributed by atoms with van der Waals surface area (Å²) in [5.74, 6) is 1.41. The van der Waals surface area contributed by atoms with E-state index in [1.165, 1.54) is 0 Å². The summed E-state index contributed by atoms with van der Waals surface area (Å²) in [4.78, 5) is 25.1. The van der Waals surface area contributed by atoms with Crippen LogP contribution in [0, 0.1) is 0 Å². The molecule has 20 heavy (non-hydrogen) atoms. The molecule has 0 saturated carbocycles. The van der Waals surface area contributed by atoms with Crippen molar-refractivity contribution in [2.75, 3.05) is 13.1 Å². The van der Waals surface area contributed by atoms with Gasteiger partial charge in [-0.1, -0.05) is 6.92 Å². The van der Waals surface area contributed by atoms with Crippen molar-refractivity contribution in [1.82, 2.24) is 19.9 Å². The molecule has 2 aromatic heterocycles. The average Bonchev–Trinajstić information content (AvgIpc) is 3.17. The third-order valence-corrected chi connectivity index (χ3v) is 3.97. The largest absolute Gasteiger partial charge is 0.354 e. The van der Waals surface area contributed by atoms with E-state index in [0.717, 1.165) is 43.9 Å². The molecular formula is C15H20N4O. The molecule has 106 valence electrons. The smallest absolute Gasteiger partial charge is 0.270 e. The number of carbonyl (C=O) groups is 1. The Labute approximate surface area is 118 Å². The number of imidazole rings is 1. The standard InChI is InChI=1S/C15H20N4O/c1-2-12-5-6-13(18-12)15(20)19-9-3-4-11(10-19)14-16-7-8-17-14/h5-8,11,18H,2-4,9-10H2,1H3,(H,16,17)/t11-/m1/s1. The van der Waals surface area contributed by atoms with E-state index >= 15 is 0 Å². The molecule has 0 bridgehead atoms. The summed E-state index contributed by atoms with van der Waals surface area (Å²) in [6, 6.07) is 3.87. The first-order valence-corrected chi connectivity index (χ1v) is 7.24.